The van der Waals surface area contributed by atoms with Crippen LogP contribution in [-0.2, 0) is 20.5 Å². The van der Waals surface area contributed by atoms with Crippen molar-refractivity contribution >= 4 is 11.9 Å². The first kappa shape index (κ1) is 23.5. The molecule has 0 aromatic heterocycles. The highest BCUT2D eigenvalue weighted by atomic mass is 19.4. The molecule has 2 aromatic rings. The average Bonchev–Trinajstić information content (AvgIpc) is 2.70. The molecule has 0 radical (unpaired) electrons. The monoisotopic (exact) mass is 432 g/mol. The number of alkyl halides is 3. The van der Waals surface area contributed by atoms with Crippen molar-refractivity contribution in [1.82, 2.24) is 0 Å². The second-order valence-corrected chi connectivity index (χ2v) is 6.48. The second-order valence-electron chi connectivity index (χ2n) is 6.48. The third-order valence-electron chi connectivity index (χ3n) is 3.80. The van der Waals surface area contributed by atoms with E-state index in [-0.39, 0.29) is 33.8 Å². The molecular weight excluding hydrogens is 413 g/mol. The molecule has 2 rings (SSSR count). The molecule has 0 fully saturated rings. The predicted octanol–water partition coefficient (Wildman–Crippen LogP) is 5.82. The van der Waals surface area contributed by atoms with Crippen molar-refractivity contribution in [3.8, 4) is 22.6 Å². The zero-order valence-electron chi connectivity index (χ0n) is 16.8. The summed E-state index contributed by atoms with van der Waals surface area (Å²) in [6.07, 6.45) is -2.81. The maximum atomic E-state index is 13.6. The van der Waals surface area contributed by atoms with Gasteiger partial charge in [-0.25, -0.2) is 9.59 Å². The lowest BCUT2D eigenvalue weighted by molar-refractivity contribution is -0.137. The largest absolute Gasteiger partial charge is 0.462 e. The smallest absolute Gasteiger partial charge is 0.417 e. The molecule has 0 amide bonds. The summed E-state index contributed by atoms with van der Waals surface area (Å²) in [6.45, 7) is 9.78. The van der Waals surface area contributed by atoms with Gasteiger partial charge in [-0.2, -0.15) is 13.2 Å². The summed E-state index contributed by atoms with van der Waals surface area (Å²) < 4.78 is 55.6. The van der Waals surface area contributed by atoms with Crippen molar-refractivity contribution in [3.05, 3.63) is 84.9 Å². The van der Waals surface area contributed by atoms with Gasteiger partial charge in [0.25, 0.3) is 0 Å². The lowest BCUT2D eigenvalue weighted by Crippen LogP contribution is -2.08. The summed E-state index contributed by atoms with van der Waals surface area (Å²) in [6, 6.07) is 9.01. The Morgan fingerprint density at radius 2 is 1.45 bits per heavy atom. The quantitative estimate of drug-likeness (QED) is 0.239. The Balaban J connectivity index is 2.25. The molecule has 0 saturated carbocycles. The van der Waals surface area contributed by atoms with Crippen LogP contribution in [0.3, 0.4) is 0 Å². The Labute approximate surface area is 177 Å². The van der Waals surface area contributed by atoms with Crippen LogP contribution in [0, 0.1) is 0 Å². The van der Waals surface area contributed by atoms with Crippen LogP contribution in [0.25, 0.3) is 11.1 Å². The topological polar surface area (TPSA) is 61.8 Å². The maximum absolute atomic E-state index is 13.6. The molecule has 162 valence electrons. The van der Waals surface area contributed by atoms with Gasteiger partial charge < -0.3 is 14.2 Å². The van der Waals surface area contributed by atoms with Gasteiger partial charge in [0.2, 0.25) is 0 Å². The molecule has 0 aliphatic heterocycles. The third-order valence-corrected chi connectivity index (χ3v) is 3.80. The Bertz CT molecular complexity index is 1030. The van der Waals surface area contributed by atoms with Crippen molar-refractivity contribution in [3.63, 3.8) is 0 Å². The molecule has 31 heavy (non-hydrogen) atoms. The molecule has 0 heterocycles. The summed E-state index contributed by atoms with van der Waals surface area (Å²) in [7, 11) is 0. The van der Waals surface area contributed by atoms with E-state index in [2.05, 4.69) is 17.9 Å². The molecule has 0 atom stereocenters. The zero-order chi connectivity index (χ0) is 23.2. The van der Waals surface area contributed by atoms with E-state index in [9.17, 15) is 22.8 Å². The molecule has 0 saturated heterocycles. The van der Waals surface area contributed by atoms with Crippen LogP contribution in [0.4, 0.5) is 13.2 Å². The van der Waals surface area contributed by atoms with Crippen molar-refractivity contribution in [2.24, 2.45) is 0 Å². The predicted molar refractivity (Wildman–Crippen MR) is 108 cm³/mol. The Kier molecular flexibility index (Phi) is 7.42. The average molecular weight is 432 g/mol. The van der Waals surface area contributed by atoms with E-state index in [4.69, 9.17) is 9.47 Å². The van der Waals surface area contributed by atoms with E-state index >= 15 is 0 Å². The van der Waals surface area contributed by atoms with Gasteiger partial charge in [0, 0.05) is 11.1 Å². The molecule has 2 aromatic carbocycles. The van der Waals surface area contributed by atoms with Crippen LogP contribution < -0.4 is 9.47 Å². The number of carbonyl (C=O) groups excluding carboxylic acids is 2. The molecule has 0 aliphatic rings. The minimum absolute atomic E-state index is 0.0877. The summed E-state index contributed by atoms with van der Waals surface area (Å²) in [4.78, 5) is 22.8. The molecule has 0 N–H and O–H groups in total. The van der Waals surface area contributed by atoms with E-state index < -0.39 is 23.7 Å². The minimum Gasteiger partial charge on any atom is -0.462 e. The molecule has 0 spiro atoms. The number of benzene rings is 2. The van der Waals surface area contributed by atoms with Crippen molar-refractivity contribution < 1.29 is 37.0 Å². The van der Waals surface area contributed by atoms with Crippen LogP contribution >= 0.6 is 0 Å². The molecule has 0 bridgehead atoms. The number of ether oxygens (including phenoxy) is 3. The second kappa shape index (κ2) is 9.80. The first-order valence-corrected chi connectivity index (χ1v) is 8.86. The third kappa shape index (κ3) is 6.60. The van der Waals surface area contributed by atoms with E-state index in [0.29, 0.717) is 0 Å². The van der Waals surface area contributed by atoms with Crippen molar-refractivity contribution in [2.45, 2.75) is 20.0 Å². The van der Waals surface area contributed by atoms with Crippen LogP contribution in [0.1, 0.15) is 19.4 Å². The highest BCUT2D eigenvalue weighted by Crippen LogP contribution is 2.39. The van der Waals surface area contributed by atoms with Crippen molar-refractivity contribution in [1.29, 1.82) is 0 Å². The highest BCUT2D eigenvalue weighted by molar-refractivity contribution is 5.89. The number of halogens is 3. The van der Waals surface area contributed by atoms with Gasteiger partial charge in [-0.05, 0) is 49.2 Å². The number of hydrogen-bond donors (Lipinski definition) is 0. The van der Waals surface area contributed by atoms with Crippen molar-refractivity contribution in [2.75, 3.05) is 0 Å². The van der Waals surface area contributed by atoms with Gasteiger partial charge >= 0.3 is 18.1 Å². The normalized spacial score (nSPS) is 11.1. The van der Waals surface area contributed by atoms with E-state index in [1.807, 2.05) is 0 Å². The molecule has 0 aliphatic carbocycles. The first-order valence-electron chi connectivity index (χ1n) is 8.86. The molecular formula is C23H19F3O5. The Morgan fingerprint density at radius 1 is 0.871 bits per heavy atom. The summed E-state index contributed by atoms with van der Waals surface area (Å²) in [5.74, 6) is -1.25. The minimum atomic E-state index is -4.66. The first-order chi connectivity index (χ1) is 14.5. The van der Waals surface area contributed by atoms with Gasteiger partial charge in [-0.1, -0.05) is 31.4 Å². The van der Waals surface area contributed by atoms with Crippen LogP contribution in [0.5, 0.6) is 11.5 Å². The lowest BCUT2D eigenvalue weighted by Gasteiger charge is -2.15. The van der Waals surface area contributed by atoms with Gasteiger partial charge in [0.15, 0.2) is 0 Å². The summed E-state index contributed by atoms with van der Waals surface area (Å²) >= 11 is 0. The number of esters is 2. The Morgan fingerprint density at radius 3 is 2.00 bits per heavy atom. The van der Waals surface area contributed by atoms with E-state index in [0.717, 1.165) is 18.6 Å². The molecule has 5 nitrogen and oxygen atoms in total. The van der Waals surface area contributed by atoms with Gasteiger partial charge in [-0.3, -0.25) is 0 Å². The summed E-state index contributed by atoms with van der Waals surface area (Å²) in [5.41, 5.74) is -0.393. The molecule has 0 unspecified atom stereocenters. The zero-order valence-corrected chi connectivity index (χ0v) is 16.8. The van der Waals surface area contributed by atoms with Crippen LogP contribution in [0.15, 0.2) is 79.3 Å². The van der Waals surface area contributed by atoms with Gasteiger partial charge in [0.1, 0.15) is 24.0 Å². The fourth-order valence-electron chi connectivity index (χ4n) is 2.28. The summed E-state index contributed by atoms with van der Waals surface area (Å²) in [5, 5.41) is 0. The number of carbonyl (C=O) groups is 2. The Hall–Kier alpha value is -3.81. The number of rotatable bonds is 7. The molecule has 8 heteroatoms. The van der Waals surface area contributed by atoms with Gasteiger partial charge in [0.05, 0.1) is 5.56 Å². The van der Waals surface area contributed by atoms with Gasteiger partial charge in [-0.15, -0.1) is 0 Å². The standard InChI is InChI=1S/C23H19F3O5/c1-14(2)21(27)30-12-11-29-18-9-10-19(20(13-18)23(24,25)26)16-5-7-17(8-6-16)31-22(28)15(3)4/h5-13H,1,3H2,2,4H3/b12-11-. The highest BCUT2D eigenvalue weighted by Gasteiger charge is 2.34. The fourth-order valence-corrected chi connectivity index (χ4v) is 2.28. The lowest BCUT2D eigenvalue weighted by atomic mass is 9.99. The van der Waals surface area contributed by atoms with E-state index in [1.165, 1.54) is 50.2 Å². The van der Waals surface area contributed by atoms with Crippen LogP contribution in [-0.4, -0.2) is 11.9 Å². The maximum Gasteiger partial charge on any atom is 0.417 e. The number of hydrogen-bond acceptors (Lipinski definition) is 5. The van der Waals surface area contributed by atoms with E-state index in [1.54, 1.807) is 0 Å². The van der Waals surface area contributed by atoms with Crippen LogP contribution in [0.2, 0.25) is 0 Å². The fraction of sp³-hybridized carbons (Fsp3) is 0.130. The SMILES string of the molecule is C=C(C)C(=O)O/C=C\Oc1ccc(-c2ccc(OC(=O)C(=C)C)cc2)c(C(F)(F)F)c1.